The highest BCUT2D eigenvalue weighted by molar-refractivity contribution is 6.12. The Morgan fingerprint density at radius 1 is 0.918 bits per heavy atom. The van der Waals surface area contributed by atoms with Crippen LogP contribution in [0.25, 0.3) is 11.0 Å². The number of amidine groups is 1. The van der Waals surface area contributed by atoms with Crippen molar-refractivity contribution in [2.45, 2.75) is 45.8 Å². The fraction of sp³-hybridized carbons (Fsp3) is 0.325. The van der Waals surface area contributed by atoms with E-state index in [4.69, 9.17) is 4.99 Å². The van der Waals surface area contributed by atoms with Crippen molar-refractivity contribution in [1.29, 1.82) is 0 Å². The molecule has 9 nitrogen and oxygen atoms in total. The van der Waals surface area contributed by atoms with E-state index in [1.807, 2.05) is 65.2 Å². The minimum atomic E-state index is -0.0544. The Bertz CT molecular complexity index is 1990. The van der Waals surface area contributed by atoms with Crippen LogP contribution in [0.1, 0.15) is 59.8 Å². The van der Waals surface area contributed by atoms with Gasteiger partial charge in [0, 0.05) is 55.6 Å². The van der Waals surface area contributed by atoms with Gasteiger partial charge in [0.05, 0.1) is 23.3 Å². The smallest absolute Gasteiger partial charge is 0.326 e. The number of aromatic amines is 1. The zero-order chi connectivity index (χ0) is 33.7. The summed E-state index contributed by atoms with van der Waals surface area (Å²) in [6.07, 6.45) is 1.89. The Morgan fingerprint density at radius 3 is 2.41 bits per heavy atom. The maximum absolute atomic E-state index is 13.1. The molecule has 5 aromatic rings. The van der Waals surface area contributed by atoms with Crippen LogP contribution in [0, 0.1) is 0 Å². The highest BCUT2D eigenvalue weighted by Gasteiger charge is 2.26. The van der Waals surface area contributed by atoms with Crippen LogP contribution in [0.2, 0.25) is 0 Å². The number of carbonyl (C=O) groups is 1. The van der Waals surface area contributed by atoms with Crippen molar-refractivity contribution in [3.05, 3.63) is 130 Å². The molecule has 1 aromatic heterocycles. The van der Waals surface area contributed by atoms with Crippen molar-refractivity contribution in [3.63, 3.8) is 0 Å². The van der Waals surface area contributed by atoms with Crippen LogP contribution in [-0.4, -0.2) is 70.4 Å². The van der Waals surface area contributed by atoms with Crippen LogP contribution in [0.5, 0.6) is 0 Å². The number of amides is 1. The third kappa shape index (κ3) is 7.09. The van der Waals surface area contributed by atoms with E-state index in [-0.39, 0.29) is 17.6 Å². The number of aromatic nitrogens is 2. The molecule has 3 heterocycles. The maximum Gasteiger partial charge on any atom is 0.326 e. The summed E-state index contributed by atoms with van der Waals surface area (Å²) < 4.78 is 1.95. The standard InChI is InChI=1S/C40H45N7O2/c1-3-44(4-2)25-22-41-39(48)31-16-19-35-32(26-31)28-46(38(42-35)30-10-6-5-7-11-30)33-17-14-29(15-18-33)27-45-23-20-34(21-24-45)47-37-13-9-8-12-36(37)43-40(47)49/h5-19,26,34H,3-4,20-25,27-28H2,1-2H3,(H,41,48)(H,43,49). The van der Waals surface area contributed by atoms with Gasteiger partial charge in [0.15, 0.2) is 0 Å². The van der Waals surface area contributed by atoms with Crippen molar-refractivity contribution in [3.8, 4) is 0 Å². The summed E-state index contributed by atoms with van der Waals surface area (Å²) in [4.78, 5) is 41.0. The molecule has 0 saturated carbocycles. The van der Waals surface area contributed by atoms with Crippen LogP contribution in [0.15, 0.2) is 107 Å². The Labute approximate surface area is 287 Å². The molecule has 0 unspecified atom stereocenters. The first-order chi connectivity index (χ1) is 24.0. The normalized spacial score (nSPS) is 15.4. The number of fused-ring (bicyclic) bond motifs is 2. The van der Waals surface area contributed by atoms with Gasteiger partial charge in [-0.15, -0.1) is 0 Å². The molecule has 1 fully saturated rings. The summed E-state index contributed by atoms with van der Waals surface area (Å²) in [5, 5.41) is 3.09. The average Bonchev–Trinajstić information content (AvgIpc) is 3.49. The number of rotatable bonds is 11. The average molecular weight is 656 g/mol. The number of imidazole rings is 1. The number of H-pyrrole nitrogens is 1. The highest BCUT2D eigenvalue weighted by atomic mass is 16.2. The Hall–Kier alpha value is -4.99. The summed E-state index contributed by atoms with van der Waals surface area (Å²) in [6, 6.07) is 33.1. The molecule has 2 N–H and O–H groups in total. The number of aliphatic imine (C=N–C) groups is 1. The first-order valence-electron chi connectivity index (χ1n) is 17.6. The first-order valence-corrected chi connectivity index (χ1v) is 17.6. The molecule has 0 spiro atoms. The summed E-state index contributed by atoms with van der Waals surface area (Å²) in [7, 11) is 0. The number of hydrogen-bond acceptors (Lipinski definition) is 6. The van der Waals surface area contributed by atoms with Gasteiger partial charge in [0.2, 0.25) is 0 Å². The van der Waals surface area contributed by atoms with Gasteiger partial charge in [-0.2, -0.15) is 0 Å². The van der Waals surface area contributed by atoms with E-state index < -0.39 is 0 Å². The molecule has 4 aromatic carbocycles. The van der Waals surface area contributed by atoms with E-state index in [0.29, 0.717) is 18.7 Å². The number of nitrogens with zero attached hydrogens (tertiary/aromatic N) is 5. The fourth-order valence-corrected chi connectivity index (χ4v) is 7.18. The minimum Gasteiger partial charge on any atom is -0.351 e. The molecular weight excluding hydrogens is 610 g/mol. The van der Waals surface area contributed by atoms with E-state index in [1.165, 1.54) is 5.56 Å². The molecule has 1 saturated heterocycles. The topological polar surface area (TPSA) is 89.0 Å². The lowest BCUT2D eigenvalue weighted by molar-refractivity contribution is 0.0949. The third-order valence-electron chi connectivity index (χ3n) is 9.99. The van der Waals surface area contributed by atoms with Crippen LogP contribution >= 0.6 is 0 Å². The molecule has 9 heteroatoms. The van der Waals surface area contributed by atoms with Gasteiger partial charge in [-0.05, 0) is 79.5 Å². The molecule has 0 bridgehead atoms. The molecule has 252 valence electrons. The van der Waals surface area contributed by atoms with Gasteiger partial charge < -0.3 is 20.1 Å². The number of para-hydroxylation sites is 2. The van der Waals surface area contributed by atoms with E-state index in [2.05, 4.69) is 75.2 Å². The van der Waals surface area contributed by atoms with Gasteiger partial charge in [-0.3, -0.25) is 14.3 Å². The number of nitrogens with one attached hydrogen (secondary N) is 2. The van der Waals surface area contributed by atoms with Crippen LogP contribution in [0.3, 0.4) is 0 Å². The summed E-state index contributed by atoms with van der Waals surface area (Å²) in [5.41, 5.74) is 7.82. The number of piperidine rings is 1. The Kier molecular flexibility index (Phi) is 9.72. The van der Waals surface area contributed by atoms with Crippen LogP contribution in [-0.2, 0) is 13.1 Å². The Balaban J connectivity index is 1.04. The Morgan fingerprint density at radius 2 is 1.65 bits per heavy atom. The summed E-state index contributed by atoms with van der Waals surface area (Å²) in [6.45, 7) is 11.0. The lowest BCUT2D eigenvalue weighted by Gasteiger charge is -2.33. The van der Waals surface area contributed by atoms with Crippen molar-refractivity contribution in [2.75, 3.05) is 44.2 Å². The third-order valence-corrected chi connectivity index (χ3v) is 9.99. The second kappa shape index (κ2) is 14.6. The van der Waals surface area contributed by atoms with Crippen molar-refractivity contribution >= 4 is 34.2 Å². The van der Waals surface area contributed by atoms with E-state index in [1.54, 1.807) is 0 Å². The molecule has 0 radical (unpaired) electrons. The monoisotopic (exact) mass is 655 g/mol. The zero-order valence-corrected chi connectivity index (χ0v) is 28.4. The van der Waals surface area contributed by atoms with E-state index in [9.17, 15) is 9.59 Å². The highest BCUT2D eigenvalue weighted by Crippen LogP contribution is 2.33. The second-order valence-corrected chi connectivity index (χ2v) is 13.0. The SMILES string of the molecule is CCN(CC)CCNC(=O)c1ccc2c(c1)CN(c1ccc(CN3CCC(n4c(=O)[nH]c5ccccc54)CC3)cc1)C(c1ccccc1)=N2. The van der Waals surface area contributed by atoms with Gasteiger partial charge in [0.25, 0.3) is 5.91 Å². The van der Waals surface area contributed by atoms with Crippen molar-refractivity contribution < 1.29 is 4.79 Å². The van der Waals surface area contributed by atoms with Gasteiger partial charge in [-0.1, -0.05) is 68.4 Å². The predicted octanol–water partition coefficient (Wildman–Crippen LogP) is 6.34. The summed E-state index contributed by atoms with van der Waals surface area (Å²) >= 11 is 0. The molecule has 0 atom stereocenters. The largest absolute Gasteiger partial charge is 0.351 e. The zero-order valence-electron chi connectivity index (χ0n) is 28.4. The second-order valence-electron chi connectivity index (χ2n) is 13.0. The maximum atomic E-state index is 13.1. The number of likely N-dealkylation sites (N-methyl/N-ethyl adjacent to an activating group) is 1. The quantitative estimate of drug-likeness (QED) is 0.174. The molecule has 1 amide bonds. The lowest BCUT2D eigenvalue weighted by atomic mass is 10.0. The number of anilines is 1. The van der Waals surface area contributed by atoms with E-state index >= 15 is 0 Å². The van der Waals surface area contributed by atoms with Gasteiger partial charge in [-0.25, -0.2) is 9.79 Å². The fourth-order valence-electron chi connectivity index (χ4n) is 7.18. The van der Waals surface area contributed by atoms with Gasteiger partial charge >= 0.3 is 5.69 Å². The summed E-state index contributed by atoms with van der Waals surface area (Å²) in [5.74, 6) is 0.841. The number of carbonyl (C=O) groups excluding carboxylic acids is 1. The molecule has 49 heavy (non-hydrogen) atoms. The van der Waals surface area contributed by atoms with E-state index in [0.717, 1.165) is 91.5 Å². The molecule has 0 aliphatic carbocycles. The molecule has 2 aliphatic heterocycles. The molecular formula is C40H45N7O2. The van der Waals surface area contributed by atoms with Crippen LogP contribution in [0.4, 0.5) is 11.4 Å². The van der Waals surface area contributed by atoms with Crippen molar-refractivity contribution in [2.24, 2.45) is 4.99 Å². The number of likely N-dealkylation sites (tertiary alicyclic amines) is 1. The minimum absolute atomic E-state index is 0.0145. The number of hydrogen-bond donors (Lipinski definition) is 2. The predicted molar refractivity (Wildman–Crippen MR) is 198 cm³/mol. The van der Waals surface area contributed by atoms with Crippen LogP contribution < -0.4 is 15.9 Å². The van der Waals surface area contributed by atoms with Gasteiger partial charge in [0.1, 0.15) is 5.84 Å². The molecule has 2 aliphatic rings. The first kappa shape index (κ1) is 32.6. The lowest BCUT2D eigenvalue weighted by Crippen LogP contribution is -2.36. The number of benzene rings is 4. The van der Waals surface area contributed by atoms with Crippen molar-refractivity contribution in [1.82, 2.24) is 24.7 Å². The molecule has 7 rings (SSSR count).